The lowest BCUT2D eigenvalue weighted by Crippen LogP contribution is -2.01. The molecule has 3 aromatic heterocycles. The summed E-state index contributed by atoms with van der Waals surface area (Å²) in [6, 6.07) is 38.8. The molecule has 0 spiro atoms. The van der Waals surface area contributed by atoms with Gasteiger partial charge in [0.2, 0.25) is 0 Å². The van der Waals surface area contributed by atoms with E-state index in [0.717, 1.165) is 54.9 Å². The fourth-order valence-corrected chi connectivity index (χ4v) is 5.24. The second kappa shape index (κ2) is 8.57. The highest BCUT2D eigenvalue weighted by Gasteiger charge is 2.18. The molecule has 5 nitrogen and oxygen atoms in total. The normalized spacial score (nSPS) is 11.6. The lowest BCUT2D eigenvalue weighted by molar-refractivity contribution is 0.669. The first kappa shape index (κ1) is 21.6. The van der Waals surface area contributed by atoms with Crippen molar-refractivity contribution >= 4 is 43.6 Å². The second-order valence-electron chi connectivity index (χ2n) is 9.56. The van der Waals surface area contributed by atoms with Crippen molar-refractivity contribution in [1.29, 1.82) is 0 Å². The summed E-state index contributed by atoms with van der Waals surface area (Å²) >= 11 is 0. The summed E-state index contributed by atoms with van der Waals surface area (Å²) in [5.41, 5.74) is 5.23. The van der Waals surface area contributed by atoms with E-state index < -0.39 is 0 Å². The number of furan rings is 1. The summed E-state index contributed by atoms with van der Waals surface area (Å²) in [4.78, 5) is 19.6. The predicted octanol–water partition coefficient (Wildman–Crippen LogP) is 8.47. The summed E-state index contributed by atoms with van der Waals surface area (Å²) < 4.78 is 6.16. The van der Waals surface area contributed by atoms with Gasteiger partial charge in [-0.3, -0.25) is 4.98 Å². The molecule has 0 radical (unpaired) electrons. The lowest BCUT2D eigenvalue weighted by Gasteiger charge is -2.10. The van der Waals surface area contributed by atoms with Gasteiger partial charge in [0.15, 0.2) is 17.5 Å². The molecule has 5 aromatic carbocycles. The third-order valence-electron chi connectivity index (χ3n) is 7.14. The van der Waals surface area contributed by atoms with Crippen molar-refractivity contribution in [3.05, 3.63) is 121 Å². The van der Waals surface area contributed by atoms with Crippen LogP contribution < -0.4 is 0 Å². The van der Waals surface area contributed by atoms with E-state index in [4.69, 9.17) is 19.4 Å². The van der Waals surface area contributed by atoms with Gasteiger partial charge in [-0.1, -0.05) is 84.9 Å². The Bertz CT molecular complexity index is 2100. The summed E-state index contributed by atoms with van der Waals surface area (Å²) in [6.07, 6.45) is 1.83. The van der Waals surface area contributed by atoms with E-state index in [1.54, 1.807) is 0 Å². The number of hydrogen-bond donors (Lipinski definition) is 0. The maximum Gasteiger partial charge on any atom is 0.165 e. The van der Waals surface area contributed by atoms with Gasteiger partial charge in [-0.15, -0.1) is 0 Å². The molecular weight excluding hydrogens is 480 g/mol. The second-order valence-corrected chi connectivity index (χ2v) is 9.56. The quantitative estimate of drug-likeness (QED) is 0.243. The molecule has 0 saturated carbocycles. The van der Waals surface area contributed by atoms with E-state index in [0.29, 0.717) is 17.5 Å². The third kappa shape index (κ3) is 3.63. The van der Waals surface area contributed by atoms with Gasteiger partial charge in [0.1, 0.15) is 11.2 Å². The Morgan fingerprint density at radius 1 is 0.487 bits per heavy atom. The predicted molar refractivity (Wildman–Crippen MR) is 156 cm³/mol. The van der Waals surface area contributed by atoms with Crippen LogP contribution in [0.25, 0.3) is 77.8 Å². The Morgan fingerprint density at radius 3 is 2.10 bits per heavy atom. The molecule has 0 amide bonds. The van der Waals surface area contributed by atoms with Crippen LogP contribution in [0.5, 0.6) is 0 Å². The number of fused-ring (bicyclic) bond motifs is 5. The molecule has 8 rings (SSSR count). The molecule has 3 heterocycles. The molecular formula is C34H20N4O. The van der Waals surface area contributed by atoms with Gasteiger partial charge in [-0.05, 0) is 41.1 Å². The highest BCUT2D eigenvalue weighted by molar-refractivity contribution is 6.11. The topological polar surface area (TPSA) is 64.7 Å². The Labute approximate surface area is 223 Å². The number of aromatic nitrogens is 4. The van der Waals surface area contributed by atoms with E-state index in [9.17, 15) is 0 Å². The van der Waals surface area contributed by atoms with Crippen LogP contribution in [-0.4, -0.2) is 19.9 Å². The summed E-state index contributed by atoms with van der Waals surface area (Å²) in [7, 11) is 0. The van der Waals surface area contributed by atoms with Crippen LogP contribution in [0, 0.1) is 0 Å². The Balaban J connectivity index is 1.40. The van der Waals surface area contributed by atoms with Crippen LogP contribution in [-0.2, 0) is 0 Å². The summed E-state index contributed by atoms with van der Waals surface area (Å²) in [5, 5.41) is 5.36. The van der Waals surface area contributed by atoms with E-state index in [1.807, 2.05) is 72.9 Å². The number of para-hydroxylation sites is 2. The zero-order chi connectivity index (χ0) is 25.8. The van der Waals surface area contributed by atoms with Gasteiger partial charge in [-0.25, -0.2) is 15.0 Å². The molecule has 39 heavy (non-hydrogen) atoms. The molecule has 0 saturated heterocycles. The zero-order valence-corrected chi connectivity index (χ0v) is 20.7. The van der Waals surface area contributed by atoms with Crippen molar-refractivity contribution in [3.8, 4) is 34.2 Å². The minimum Gasteiger partial charge on any atom is -0.456 e. The highest BCUT2D eigenvalue weighted by atomic mass is 16.3. The fourth-order valence-electron chi connectivity index (χ4n) is 5.24. The Hall–Kier alpha value is -5.42. The van der Waals surface area contributed by atoms with Crippen LogP contribution in [0.3, 0.4) is 0 Å². The Kier molecular flexibility index (Phi) is 4.76. The first-order valence-electron chi connectivity index (χ1n) is 12.8. The monoisotopic (exact) mass is 500 g/mol. The number of nitrogens with zero attached hydrogens (tertiary/aromatic N) is 4. The maximum absolute atomic E-state index is 6.16. The molecule has 0 aliphatic carbocycles. The number of benzene rings is 5. The van der Waals surface area contributed by atoms with Gasteiger partial charge >= 0.3 is 0 Å². The number of pyridine rings is 1. The van der Waals surface area contributed by atoms with Gasteiger partial charge < -0.3 is 4.42 Å². The molecule has 0 N–H and O–H groups in total. The standard InChI is InChI=1S/C34H20N4O/c1-2-9-22-18-24(17-16-21(22)8-1)32-36-33(25-19-23-10-3-5-13-28(23)35-20-25)38-34(37-32)27-12-7-15-30-31(27)26-11-4-6-14-29(26)39-30/h1-20H. The van der Waals surface area contributed by atoms with Gasteiger partial charge in [-0.2, -0.15) is 0 Å². The van der Waals surface area contributed by atoms with Gasteiger partial charge in [0.25, 0.3) is 0 Å². The third-order valence-corrected chi connectivity index (χ3v) is 7.14. The molecule has 0 bridgehead atoms. The van der Waals surface area contributed by atoms with Crippen LogP contribution in [0.4, 0.5) is 0 Å². The van der Waals surface area contributed by atoms with Gasteiger partial charge in [0.05, 0.1) is 5.52 Å². The number of hydrogen-bond acceptors (Lipinski definition) is 5. The van der Waals surface area contributed by atoms with Crippen molar-refractivity contribution in [2.24, 2.45) is 0 Å². The van der Waals surface area contributed by atoms with Gasteiger partial charge in [0, 0.05) is 39.0 Å². The Morgan fingerprint density at radius 2 is 1.18 bits per heavy atom. The van der Waals surface area contributed by atoms with Crippen molar-refractivity contribution in [1.82, 2.24) is 19.9 Å². The van der Waals surface area contributed by atoms with E-state index in [1.165, 1.54) is 5.39 Å². The smallest absolute Gasteiger partial charge is 0.165 e. The van der Waals surface area contributed by atoms with E-state index >= 15 is 0 Å². The average molecular weight is 501 g/mol. The summed E-state index contributed by atoms with van der Waals surface area (Å²) in [6.45, 7) is 0. The molecule has 182 valence electrons. The number of rotatable bonds is 3. The molecule has 0 aliphatic rings. The summed E-state index contributed by atoms with van der Waals surface area (Å²) in [5.74, 6) is 1.78. The van der Waals surface area contributed by atoms with Crippen molar-refractivity contribution < 1.29 is 4.42 Å². The lowest BCUT2D eigenvalue weighted by atomic mass is 10.0. The maximum atomic E-state index is 6.16. The fraction of sp³-hybridized carbons (Fsp3) is 0. The van der Waals surface area contributed by atoms with E-state index in [2.05, 4.69) is 53.5 Å². The van der Waals surface area contributed by atoms with Crippen LogP contribution >= 0.6 is 0 Å². The molecule has 0 aliphatic heterocycles. The zero-order valence-electron chi connectivity index (χ0n) is 20.7. The van der Waals surface area contributed by atoms with E-state index in [-0.39, 0.29) is 0 Å². The first-order chi connectivity index (χ1) is 19.3. The molecule has 0 atom stereocenters. The SMILES string of the molecule is c1ccc2cc(-c3nc(-c4cnc5ccccc5c4)nc(-c4cccc5oc6ccccc6c45)n3)ccc2c1. The van der Waals surface area contributed by atoms with Crippen molar-refractivity contribution in [3.63, 3.8) is 0 Å². The first-order valence-corrected chi connectivity index (χ1v) is 12.8. The average Bonchev–Trinajstić information content (AvgIpc) is 3.39. The minimum absolute atomic E-state index is 0.575. The molecule has 8 aromatic rings. The highest BCUT2D eigenvalue weighted by Crippen LogP contribution is 2.36. The largest absolute Gasteiger partial charge is 0.456 e. The minimum atomic E-state index is 0.575. The molecule has 0 unspecified atom stereocenters. The van der Waals surface area contributed by atoms with Crippen molar-refractivity contribution in [2.75, 3.05) is 0 Å². The van der Waals surface area contributed by atoms with Crippen LogP contribution in [0.15, 0.2) is 126 Å². The van der Waals surface area contributed by atoms with Crippen LogP contribution in [0.2, 0.25) is 0 Å². The van der Waals surface area contributed by atoms with Crippen molar-refractivity contribution in [2.45, 2.75) is 0 Å². The van der Waals surface area contributed by atoms with Crippen LogP contribution in [0.1, 0.15) is 0 Å². The molecule has 0 fully saturated rings. The molecule has 5 heteroatoms.